The Labute approximate surface area is 224 Å². The molecule has 3 aliphatic rings. The molecule has 4 N–H and O–H groups in total. The molecule has 3 heterocycles. The number of aromatic nitrogens is 3. The molecular formula is C28H40N8O2. The monoisotopic (exact) mass is 520 g/mol. The van der Waals surface area contributed by atoms with Crippen LogP contribution in [-0.4, -0.2) is 70.2 Å². The highest BCUT2D eigenvalue weighted by Crippen LogP contribution is 2.33. The Hall–Kier alpha value is -3.27. The molecule has 2 saturated heterocycles. The molecule has 0 bridgehead atoms. The van der Waals surface area contributed by atoms with Crippen LogP contribution in [0.1, 0.15) is 86.7 Å². The maximum Gasteiger partial charge on any atom is 0.273 e. The summed E-state index contributed by atoms with van der Waals surface area (Å²) in [6.45, 7) is 5.56. The molecule has 1 atom stereocenters. The number of nitrogens with one attached hydrogen (secondary N) is 2. The smallest absolute Gasteiger partial charge is 0.273 e. The van der Waals surface area contributed by atoms with Gasteiger partial charge in [-0.15, -0.1) is 10.2 Å². The highest BCUT2D eigenvalue weighted by Gasteiger charge is 2.28. The number of hydrogen-bond donors (Lipinski definition) is 3. The second-order valence-electron chi connectivity index (χ2n) is 10.9. The van der Waals surface area contributed by atoms with Crippen molar-refractivity contribution in [2.24, 2.45) is 5.73 Å². The molecule has 1 aliphatic carbocycles. The van der Waals surface area contributed by atoms with Gasteiger partial charge in [-0.2, -0.15) is 4.98 Å². The number of carbonyl (C=O) groups is 2. The van der Waals surface area contributed by atoms with E-state index in [1.807, 2.05) is 24.0 Å². The lowest BCUT2D eigenvalue weighted by Gasteiger charge is -2.36. The standard InChI is InChI=1S/C28H40N8O2/c1-2-24(37)30-22-6-5-15-36(18-22)28-32-27(25(26(29)38)33-34-28)31-21-11-9-19(10-12-21)20-13-16-35(17-14-20)23-7-3-4-8-23/h9-12,20,22-23H,2-8,13-18H2,1H3,(H2,29,38)(H,30,37)(H,31,32,34). The maximum atomic E-state index is 12.1. The Morgan fingerprint density at radius 2 is 1.71 bits per heavy atom. The van der Waals surface area contributed by atoms with Gasteiger partial charge in [0.15, 0.2) is 11.5 Å². The van der Waals surface area contributed by atoms with Gasteiger partial charge in [-0.25, -0.2) is 0 Å². The Morgan fingerprint density at radius 3 is 2.39 bits per heavy atom. The minimum absolute atomic E-state index is 0.00459. The van der Waals surface area contributed by atoms with E-state index in [9.17, 15) is 9.59 Å². The number of primary amides is 1. The van der Waals surface area contributed by atoms with Crippen LogP contribution in [-0.2, 0) is 4.79 Å². The molecule has 10 nitrogen and oxygen atoms in total. The number of nitrogens with zero attached hydrogens (tertiary/aromatic N) is 5. The van der Waals surface area contributed by atoms with Gasteiger partial charge in [0, 0.05) is 37.3 Å². The molecule has 1 aromatic carbocycles. The minimum Gasteiger partial charge on any atom is -0.364 e. The molecule has 2 aromatic rings. The van der Waals surface area contributed by atoms with Crippen LogP contribution in [0.2, 0.25) is 0 Å². The molecule has 10 heteroatoms. The molecule has 38 heavy (non-hydrogen) atoms. The summed E-state index contributed by atoms with van der Waals surface area (Å²) < 4.78 is 0. The first kappa shape index (κ1) is 26.3. The van der Waals surface area contributed by atoms with E-state index in [-0.39, 0.29) is 17.6 Å². The molecule has 2 amide bonds. The summed E-state index contributed by atoms with van der Waals surface area (Å²) in [7, 11) is 0. The summed E-state index contributed by atoms with van der Waals surface area (Å²) in [6.07, 6.45) is 10.2. The topological polar surface area (TPSA) is 129 Å². The molecule has 1 saturated carbocycles. The number of rotatable bonds is 8. The predicted molar refractivity (Wildman–Crippen MR) is 148 cm³/mol. The number of piperidine rings is 2. The quantitative estimate of drug-likeness (QED) is 0.483. The number of nitrogens with two attached hydrogens (primary N) is 1. The number of anilines is 3. The lowest BCUT2D eigenvalue weighted by atomic mass is 9.88. The van der Waals surface area contributed by atoms with Crippen LogP contribution in [0.3, 0.4) is 0 Å². The van der Waals surface area contributed by atoms with E-state index in [0.29, 0.717) is 30.6 Å². The average Bonchev–Trinajstić information content (AvgIpc) is 3.49. The molecule has 0 spiro atoms. The van der Waals surface area contributed by atoms with E-state index < -0.39 is 5.91 Å². The van der Waals surface area contributed by atoms with E-state index >= 15 is 0 Å². The zero-order valence-electron chi connectivity index (χ0n) is 22.4. The first-order valence-electron chi connectivity index (χ1n) is 14.2. The molecule has 0 radical (unpaired) electrons. The zero-order chi connectivity index (χ0) is 26.5. The van der Waals surface area contributed by atoms with Crippen LogP contribution in [0, 0.1) is 0 Å². The number of hydrogen-bond acceptors (Lipinski definition) is 8. The predicted octanol–water partition coefficient (Wildman–Crippen LogP) is 3.33. The van der Waals surface area contributed by atoms with Gasteiger partial charge in [-0.05, 0) is 75.2 Å². The Morgan fingerprint density at radius 1 is 0.974 bits per heavy atom. The molecular weight excluding hydrogens is 480 g/mol. The largest absolute Gasteiger partial charge is 0.364 e. The van der Waals surface area contributed by atoms with Crippen LogP contribution in [0.4, 0.5) is 17.5 Å². The van der Waals surface area contributed by atoms with Crippen LogP contribution in [0.5, 0.6) is 0 Å². The molecule has 204 valence electrons. The molecule has 3 fully saturated rings. The van der Waals surface area contributed by atoms with E-state index in [4.69, 9.17) is 5.73 Å². The minimum atomic E-state index is -0.684. The van der Waals surface area contributed by atoms with E-state index in [1.165, 1.54) is 57.2 Å². The van der Waals surface area contributed by atoms with Crippen molar-refractivity contribution in [1.29, 1.82) is 0 Å². The number of amides is 2. The summed E-state index contributed by atoms with van der Waals surface area (Å²) >= 11 is 0. The Bertz CT molecular complexity index is 1110. The first-order valence-corrected chi connectivity index (χ1v) is 14.2. The summed E-state index contributed by atoms with van der Waals surface area (Å²) in [4.78, 5) is 33.2. The van der Waals surface area contributed by atoms with Gasteiger partial charge < -0.3 is 26.2 Å². The Balaban J connectivity index is 1.24. The van der Waals surface area contributed by atoms with Gasteiger partial charge >= 0.3 is 0 Å². The number of likely N-dealkylation sites (tertiary alicyclic amines) is 1. The van der Waals surface area contributed by atoms with E-state index in [0.717, 1.165) is 31.1 Å². The van der Waals surface area contributed by atoms with Crippen LogP contribution < -0.4 is 21.3 Å². The molecule has 2 aliphatic heterocycles. The third-order valence-electron chi connectivity index (χ3n) is 8.31. The highest BCUT2D eigenvalue weighted by atomic mass is 16.2. The Kier molecular flexibility index (Phi) is 8.36. The lowest BCUT2D eigenvalue weighted by Crippen LogP contribution is -2.48. The fourth-order valence-corrected chi connectivity index (χ4v) is 6.15. The van der Waals surface area contributed by atoms with Gasteiger partial charge in [0.05, 0.1) is 0 Å². The van der Waals surface area contributed by atoms with E-state index in [2.05, 4.69) is 42.8 Å². The maximum absolute atomic E-state index is 12.1. The second kappa shape index (κ2) is 12.1. The van der Waals surface area contributed by atoms with Gasteiger partial charge in [0.2, 0.25) is 11.9 Å². The lowest BCUT2D eigenvalue weighted by molar-refractivity contribution is -0.121. The van der Waals surface area contributed by atoms with Crippen molar-refractivity contribution in [2.45, 2.75) is 82.7 Å². The van der Waals surface area contributed by atoms with Crippen molar-refractivity contribution in [1.82, 2.24) is 25.4 Å². The van der Waals surface area contributed by atoms with Crippen LogP contribution >= 0.6 is 0 Å². The number of benzene rings is 1. The van der Waals surface area contributed by atoms with Crippen molar-refractivity contribution in [3.8, 4) is 0 Å². The highest BCUT2D eigenvalue weighted by molar-refractivity contribution is 5.96. The van der Waals surface area contributed by atoms with Gasteiger partial charge in [-0.1, -0.05) is 31.9 Å². The molecule has 1 unspecified atom stereocenters. The van der Waals surface area contributed by atoms with Crippen LogP contribution in [0.15, 0.2) is 24.3 Å². The average molecular weight is 521 g/mol. The zero-order valence-corrected chi connectivity index (χ0v) is 22.4. The van der Waals surface area contributed by atoms with Crippen molar-refractivity contribution >= 4 is 29.3 Å². The van der Waals surface area contributed by atoms with Crippen molar-refractivity contribution in [3.63, 3.8) is 0 Å². The fourth-order valence-electron chi connectivity index (χ4n) is 6.15. The fraction of sp³-hybridized carbons (Fsp3) is 0.607. The van der Waals surface area contributed by atoms with Crippen molar-refractivity contribution < 1.29 is 9.59 Å². The first-order chi connectivity index (χ1) is 18.5. The van der Waals surface area contributed by atoms with Gasteiger partial charge in [0.1, 0.15) is 0 Å². The van der Waals surface area contributed by atoms with Crippen LogP contribution in [0.25, 0.3) is 0 Å². The van der Waals surface area contributed by atoms with E-state index in [1.54, 1.807) is 0 Å². The summed E-state index contributed by atoms with van der Waals surface area (Å²) in [5, 5.41) is 14.6. The number of carbonyl (C=O) groups excluding carboxylic acids is 2. The summed E-state index contributed by atoms with van der Waals surface area (Å²) in [6, 6.07) is 9.24. The van der Waals surface area contributed by atoms with Gasteiger partial charge in [-0.3, -0.25) is 9.59 Å². The van der Waals surface area contributed by atoms with Crippen molar-refractivity contribution in [3.05, 3.63) is 35.5 Å². The SMILES string of the molecule is CCC(=O)NC1CCCN(c2nnc(C(N)=O)c(Nc3ccc(C4CCN(C5CCCC5)CC4)cc3)n2)C1. The van der Waals surface area contributed by atoms with Crippen molar-refractivity contribution in [2.75, 3.05) is 36.4 Å². The normalized spacial score (nSPS) is 21.4. The second-order valence-corrected chi connectivity index (χ2v) is 10.9. The summed E-state index contributed by atoms with van der Waals surface area (Å²) in [5.41, 5.74) is 7.76. The molecule has 5 rings (SSSR count). The summed E-state index contributed by atoms with van der Waals surface area (Å²) in [5.74, 6) is 0.635. The third-order valence-corrected chi connectivity index (χ3v) is 8.31. The van der Waals surface area contributed by atoms with Gasteiger partial charge in [0.25, 0.3) is 5.91 Å². The molecule has 1 aromatic heterocycles. The third kappa shape index (κ3) is 6.23.